The zero-order valence-corrected chi connectivity index (χ0v) is 21.3. The Morgan fingerprint density at radius 1 is 0.629 bits per heavy atom. The zero-order valence-electron chi connectivity index (χ0n) is 20.3. The number of amides is 1. The molecule has 1 aromatic heterocycles. The van der Waals surface area contributed by atoms with E-state index in [2.05, 4.69) is 101 Å². The van der Waals surface area contributed by atoms with Gasteiger partial charge in [-0.3, -0.25) is 0 Å². The Morgan fingerprint density at radius 2 is 1.14 bits per heavy atom. The van der Waals surface area contributed by atoms with Crippen molar-refractivity contribution in [2.24, 2.45) is 0 Å². The number of unbranched alkanes of at least 4 members (excludes halogenated alkanes) is 4. The summed E-state index contributed by atoms with van der Waals surface area (Å²) in [5.74, 6) is -0.0394. The standard InChI is InChI=1S/C31H35N2OP/c34-31(27-16-15-23-32-26-27)33-24-13-2-1-3-14-25-35(28-17-7-4-8-18-28,29-19-9-5-10-20-29)30-21-11-6-12-22-30/h4-12,15-23,26,35H,1-3,13-14,24-25H2,(H,33,34). The van der Waals surface area contributed by atoms with Crippen LogP contribution in [0.3, 0.4) is 0 Å². The molecular formula is C31H35N2OP. The first-order valence-electron chi connectivity index (χ1n) is 12.7. The van der Waals surface area contributed by atoms with Gasteiger partial charge in [0.25, 0.3) is 0 Å². The molecule has 3 nitrogen and oxygen atoms in total. The van der Waals surface area contributed by atoms with E-state index in [1.807, 2.05) is 0 Å². The summed E-state index contributed by atoms with van der Waals surface area (Å²) in [6.45, 7) is 0.713. The van der Waals surface area contributed by atoms with Crippen LogP contribution in [0.2, 0.25) is 0 Å². The van der Waals surface area contributed by atoms with E-state index in [1.54, 1.807) is 24.5 Å². The number of pyridine rings is 1. The van der Waals surface area contributed by atoms with Gasteiger partial charge in [0.1, 0.15) is 0 Å². The van der Waals surface area contributed by atoms with Crippen molar-refractivity contribution in [3.05, 3.63) is 121 Å². The first-order valence-corrected chi connectivity index (χ1v) is 14.9. The molecule has 4 heteroatoms. The Balaban J connectivity index is 1.37. The van der Waals surface area contributed by atoms with Gasteiger partial charge in [-0.2, -0.15) is 0 Å². The molecule has 1 heterocycles. The van der Waals surface area contributed by atoms with Gasteiger partial charge in [0.15, 0.2) is 0 Å². The number of rotatable bonds is 12. The minimum absolute atomic E-state index is 0.0394. The van der Waals surface area contributed by atoms with Crippen LogP contribution in [0.5, 0.6) is 0 Å². The van der Waals surface area contributed by atoms with Crippen LogP contribution in [0.15, 0.2) is 116 Å². The Hall–Kier alpha value is -3.29. The molecule has 0 radical (unpaired) electrons. The predicted molar refractivity (Wildman–Crippen MR) is 151 cm³/mol. The van der Waals surface area contributed by atoms with Crippen LogP contribution in [0.25, 0.3) is 0 Å². The van der Waals surface area contributed by atoms with E-state index >= 15 is 0 Å². The summed E-state index contributed by atoms with van der Waals surface area (Å²) in [4.78, 5) is 16.2. The van der Waals surface area contributed by atoms with Crippen LogP contribution in [0, 0.1) is 0 Å². The molecule has 180 valence electrons. The molecule has 0 saturated heterocycles. The normalized spacial score (nSPS) is 11.7. The Kier molecular flexibility index (Phi) is 9.20. The van der Waals surface area contributed by atoms with Crippen LogP contribution in [0.4, 0.5) is 0 Å². The van der Waals surface area contributed by atoms with Crippen LogP contribution in [-0.4, -0.2) is 23.6 Å². The van der Waals surface area contributed by atoms with E-state index in [9.17, 15) is 4.79 Å². The van der Waals surface area contributed by atoms with Crippen molar-refractivity contribution in [2.75, 3.05) is 12.7 Å². The number of nitrogens with one attached hydrogen (secondary N) is 1. The van der Waals surface area contributed by atoms with Crippen molar-refractivity contribution in [1.82, 2.24) is 10.3 Å². The fraction of sp³-hybridized carbons (Fsp3) is 0.226. The summed E-state index contributed by atoms with van der Waals surface area (Å²) < 4.78 is 0. The van der Waals surface area contributed by atoms with Crippen molar-refractivity contribution in [3.63, 3.8) is 0 Å². The molecule has 0 aliphatic rings. The van der Waals surface area contributed by atoms with Crippen molar-refractivity contribution in [2.45, 2.75) is 32.1 Å². The van der Waals surface area contributed by atoms with Crippen LogP contribution in [-0.2, 0) is 0 Å². The topological polar surface area (TPSA) is 42.0 Å². The van der Waals surface area contributed by atoms with Gasteiger partial charge in [0, 0.05) is 6.20 Å². The Morgan fingerprint density at radius 3 is 1.66 bits per heavy atom. The molecule has 0 spiro atoms. The summed E-state index contributed by atoms with van der Waals surface area (Å²) in [6, 6.07) is 37.0. The molecule has 35 heavy (non-hydrogen) atoms. The molecule has 1 N–H and O–H groups in total. The molecule has 0 atom stereocenters. The average Bonchev–Trinajstić information content (AvgIpc) is 2.94. The predicted octanol–water partition coefficient (Wildman–Crippen LogP) is 5.49. The molecule has 1 amide bonds. The van der Waals surface area contributed by atoms with E-state index in [1.165, 1.54) is 41.3 Å². The van der Waals surface area contributed by atoms with Gasteiger partial charge in [-0.15, -0.1) is 0 Å². The number of hydrogen-bond donors (Lipinski definition) is 1. The number of nitrogens with zero attached hydrogens (tertiary/aromatic N) is 1. The van der Waals surface area contributed by atoms with Gasteiger partial charge in [-0.1, -0.05) is 0 Å². The summed E-state index contributed by atoms with van der Waals surface area (Å²) in [6.07, 6.45) is 10.2. The van der Waals surface area contributed by atoms with Crippen molar-refractivity contribution >= 4 is 29.1 Å². The maximum absolute atomic E-state index is 12.1. The number of aromatic nitrogens is 1. The molecule has 0 aliphatic heterocycles. The van der Waals surface area contributed by atoms with E-state index in [0.29, 0.717) is 12.1 Å². The molecule has 0 unspecified atom stereocenters. The Labute approximate surface area is 210 Å². The second kappa shape index (κ2) is 13.0. The average molecular weight is 483 g/mol. The second-order valence-electron chi connectivity index (χ2n) is 9.02. The third kappa shape index (κ3) is 6.44. The fourth-order valence-corrected chi connectivity index (χ4v) is 9.88. The minimum atomic E-state index is -2.11. The van der Waals surface area contributed by atoms with Crippen molar-refractivity contribution in [1.29, 1.82) is 0 Å². The first-order chi connectivity index (χ1) is 17.3. The van der Waals surface area contributed by atoms with E-state index in [-0.39, 0.29) is 5.91 Å². The molecule has 0 saturated carbocycles. The Bertz CT molecular complexity index is 1060. The summed E-state index contributed by atoms with van der Waals surface area (Å²) >= 11 is 0. The molecule has 0 aliphatic carbocycles. The van der Waals surface area contributed by atoms with Gasteiger partial charge >= 0.3 is 204 Å². The number of carbonyl (C=O) groups excluding carboxylic acids is 1. The van der Waals surface area contributed by atoms with Gasteiger partial charge < -0.3 is 0 Å². The van der Waals surface area contributed by atoms with E-state index < -0.39 is 7.26 Å². The van der Waals surface area contributed by atoms with Crippen LogP contribution >= 0.6 is 7.26 Å². The molecular weight excluding hydrogens is 447 g/mol. The zero-order chi connectivity index (χ0) is 24.2. The first kappa shape index (κ1) is 24.8. The van der Waals surface area contributed by atoms with Crippen molar-refractivity contribution < 1.29 is 4.79 Å². The number of benzene rings is 3. The molecule has 4 rings (SSSR count). The summed E-state index contributed by atoms with van der Waals surface area (Å²) in [7, 11) is -2.11. The van der Waals surface area contributed by atoms with Gasteiger partial charge in [0.2, 0.25) is 0 Å². The number of carbonyl (C=O) groups is 1. The monoisotopic (exact) mass is 482 g/mol. The van der Waals surface area contributed by atoms with Crippen molar-refractivity contribution in [3.8, 4) is 0 Å². The maximum atomic E-state index is 12.1. The SMILES string of the molecule is O=C(NCCCCCCC[PH](c1ccccc1)(c1ccccc1)c1ccccc1)c1cccnc1. The third-order valence-electron chi connectivity index (χ3n) is 6.74. The summed E-state index contributed by atoms with van der Waals surface area (Å²) in [5.41, 5.74) is 0.622. The molecule has 0 fully saturated rings. The van der Waals surface area contributed by atoms with Gasteiger partial charge in [-0.05, 0) is 0 Å². The van der Waals surface area contributed by atoms with E-state index in [0.717, 1.165) is 12.8 Å². The van der Waals surface area contributed by atoms with Gasteiger partial charge in [-0.25, -0.2) is 0 Å². The van der Waals surface area contributed by atoms with Gasteiger partial charge in [0.05, 0.1) is 0 Å². The van der Waals surface area contributed by atoms with Crippen LogP contribution < -0.4 is 21.2 Å². The third-order valence-corrected chi connectivity index (χ3v) is 11.8. The summed E-state index contributed by atoms with van der Waals surface area (Å²) in [5, 5.41) is 7.45. The fourth-order valence-electron chi connectivity index (χ4n) is 4.95. The molecule has 4 aromatic rings. The molecule has 0 bridgehead atoms. The van der Waals surface area contributed by atoms with Crippen LogP contribution in [0.1, 0.15) is 42.5 Å². The quantitative estimate of drug-likeness (QED) is 0.214. The second-order valence-corrected chi connectivity index (χ2v) is 13.1. The number of hydrogen-bond acceptors (Lipinski definition) is 2. The van der Waals surface area contributed by atoms with E-state index in [4.69, 9.17) is 0 Å². The molecule has 3 aromatic carbocycles.